The molecule has 1 aromatic heterocycles. The van der Waals surface area contributed by atoms with Crippen LogP contribution < -0.4 is 15.8 Å². The summed E-state index contributed by atoms with van der Waals surface area (Å²) in [6.45, 7) is 0. The molecule has 1 aliphatic rings. The molecule has 6 nitrogen and oxygen atoms in total. The van der Waals surface area contributed by atoms with Gasteiger partial charge in [0, 0.05) is 24.2 Å². The molecule has 0 fully saturated rings. The number of fused-ring (bicyclic) bond motifs is 1. The number of benzene rings is 2. The normalized spacial score (nSPS) is 15.7. The number of hydrogen-bond acceptors (Lipinski definition) is 5. The lowest BCUT2D eigenvalue weighted by Crippen LogP contribution is -2.36. The Morgan fingerprint density at radius 3 is 2.64 bits per heavy atom. The van der Waals surface area contributed by atoms with Gasteiger partial charge in [-0.3, -0.25) is 4.79 Å². The highest BCUT2D eigenvalue weighted by atomic mass is 19.1. The molecule has 8 heteroatoms. The van der Waals surface area contributed by atoms with Crippen LogP contribution in [0.15, 0.2) is 42.6 Å². The summed E-state index contributed by atoms with van der Waals surface area (Å²) in [6, 6.07) is 7.78. The van der Waals surface area contributed by atoms with Crippen molar-refractivity contribution in [3.63, 3.8) is 0 Å². The van der Waals surface area contributed by atoms with Gasteiger partial charge >= 0.3 is 0 Å². The maximum absolute atomic E-state index is 14.0. The summed E-state index contributed by atoms with van der Waals surface area (Å²) in [5.74, 6) is -0.926. The molecule has 2 heterocycles. The van der Waals surface area contributed by atoms with Crippen molar-refractivity contribution in [1.29, 1.82) is 0 Å². The smallest absolute Gasteiger partial charge is 0.255 e. The zero-order chi connectivity index (χ0) is 19.8. The number of aromatic nitrogens is 2. The standard InChI is InChI=1S/C20H16F2N4O2/c1-28-18-7-11(22)3-5-13(18)14-6-10(21)2-4-12(14)16-8-17-15(19(27)25-16)9-24-20(23)26-17/h2-7,9,16H,8H2,1H3,(H,25,27)(H2,23,24,26). The molecule has 0 bridgehead atoms. The SMILES string of the molecule is COc1cc(F)ccc1-c1cc(F)ccc1C1Cc2nc(N)ncc2C(=O)N1. The predicted octanol–water partition coefficient (Wildman–Crippen LogP) is 3.04. The maximum Gasteiger partial charge on any atom is 0.255 e. The van der Waals surface area contributed by atoms with Gasteiger partial charge in [-0.05, 0) is 35.4 Å². The predicted molar refractivity (Wildman–Crippen MR) is 98.7 cm³/mol. The van der Waals surface area contributed by atoms with Gasteiger partial charge in [-0.25, -0.2) is 18.7 Å². The van der Waals surface area contributed by atoms with Gasteiger partial charge in [0.15, 0.2) is 0 Å². The summed E-state index contributed by atoms with van der Waals surface area (Å²) >= 11 is 0. The second-order valence-corrected chi connectivity index (χ2v) is 6.39. The van der Waals surface area contributed by atoms with Crippen molar-refractivity contribution < 1.29 is 18.3 Å². The van der Waals surface area contributed by atoms with Crippen molar-refractivity contribution in [2.24, 2.45) is 0 Å². The number of nitrogens with zero attached hydrogens (tertiary/aromatic N) is 2. The Kier molecular flexibility index (Phi) is 4.38. The molecule has 0 aliphatic carbocycles. The van der Waals surface area contributed by atoms with Crippen molar-refractivity contribution in [3.05, 3.63) is 71.1 Å². The van der Waals surface area contributed by atoms with E-state index in [0.717, 1.165) is 0 Å². The molecule has 1 atom stereocenters. The molecule has 4 rings (SSSR count). The van der Waals surface area contributed by atoms with E-state index < -0.39 is 17.7 Å². The fraction of sp³-hybridized carbons (Fsp3) is 0.150. The number of nitrogens with one attached hydrogen (secondary N) is 1. The number of carbonyl (C=O) groups is 1. The van der Waals surface area contributed by atoms with Crippen LogP contribution in [0.25, 0.3) is 11.1 Å². The Hall–Kier alpha value is -3.55. The van der Waals surface area contributed by atoms with Crippen LogP contribution in [0.1, 0.15) is 27.7 Å². The van der Waals surface area contributed by atoms with Crippen LogP contribution in [0.5, 0.6) is 5.75 Å². The minimum Gasteiger partial charge on any atom is -0.496 e. The maximum atomic E-state index is 14.0. The molecule has 0 radical (unpaired) electrons. The lowest BCUT2D eigenvalue weighted by molar-refractivity contribution is 0.0923. The fourth-order valence-corrected chi connectivity index (χ4v) is 3.40. The molecule has 1 amide bonds. The number of amides is 1. The third kappa shape index (κ3) is 3.13. The van der Waals surface area contributed by atoms with Crippen molar-refractivity contribution >= 4 is 11.9 Å². The highest BCUT2D eigenvalue weighted by Gasteiger charge is 2.29. The average Bonchev–Trinajstić information content (AvgIpc) is 2.67. The third-order valence-electron chi connectivity index (χ3n) is 4.68. The Morgan fingerprint density at radius 2 is 1.86 bits per heavy atom. The molecule has 1 unspecified atom stereocenters. The first-order chi connectivity index (χ1) is 13.5. The molecule has 0 spiro atoms. The van der Waals surface area contributed by atoms with Crippen LogP contribution in [0.4, 0.5) is 14.7 Å². The van der Waals surface area contributed by atoms with Gasteiger partial charge in [0.2, 0.25) is 5.95 Å². The fourth-order valence-electron chi connectivity index (χ4n) is 3.40. The number of nitrogens with two attached hydrogens (primary N) is 1. The van der Waals surface area contributed by atoms with Crippen LogP contribution in [0.2, 0.25) is 0 Å². The molecule has 3 aromatic rings. The van der Waals surface area contributed by atoms with E-state index in [9.17, 15) is 13.6 Å². The highest BCUT2D eigenvalue weighted by molar-refractivity contribution is 5.96. The molecule has 28 heavy (non-hydrogen) atoms. The van der Waals surface area contributed by atoms with Crippen LogP contribution in [0, 0.1) is 11.6 Å². The Balaban J connectivity index is 1.83. The van der Waals surface area contributed by atoms with Gasteiger partial charge in [0.1, 0.15) is 17.4 Å². The van der Waals surface area contributed by atoms with Crippen LogP contribution >= 0.6 is 0 Å². The second kappa shape index (κ2) is 6.88. The summed E-state index contributed by atoms with van der Waals surface area (Å²) in [5, 5.41) is 2.89. The molecule has 1 aliphatic heterocycles. The van der Waals surface area contributed by atoms with Gasteiger partial charge in [0.05, 0.1) is 24.4 Å². The van der Waals surface area contributed by atoms with E-state index in [0.29, 0.717) is 34.4 Å². The lowest BCUT2D eigenvalue weighted by Gasteiger charge is -2.27. The van der Waals surface area contributed by atoms with E-state index in [1.54, 1.807) is 6.07 Å². The number of carbonyl (C=O) groups excluding carboxylic acids is 1. The third-order valence-corrected chi connectivity index (χ3v) is 4.68. The summed E-state index contributed by atoms with van der Waals surface area (Å²) in [7, 11) is 1.41. The molecule has 3 N–H and O–H groups in total. The number of nitrogen functional groups attached to an aromatic ring is 1. The molecule has 0 saturated heterocycles. The van der Waals surface area contributed by atoms with E-state index >= 15 is 0 Å². The number of methoxy groups -OCH3 is 1. The van der Waals surface area contributed by atoms with Crippen LogP contribution in [0.3, 0.4) is 0 Å². The van der Waals surface area contributed by atoms with Gasteiger partial charge in [-0.15, -0.1) is 0 Å². The first-order valence-corrected chi connectivity index (χ1v) is 8.52. The van der Waals surface area contributed by atoms with E-state index in [-0.39, 0.29) is 17.6 Å². The largest absolute Gasteiger partial charge is 0.496 e. The quantitative estimate of drug-likeness (QED) is 0.727. The van der Waals surface area contributed by atoms with Gasteiger partial charge in [-0.2, -0.15) is 0 Å². The van der Waals surface area contributed by atoms with E-state index in [4.69, 9.17) is 10.5 Å². The lowest BCUT2D eigenvalue weighted by atomic mass is 9.89. The molecular formula is C20H16F2N4O2. The Bertz CT molecular complexity index is 1090. The minimum absolute atomic E-state index is 0.0757. The van der Waals surface area contributed by atoms with Crippen LogP contribution in [-0.2, 0) is 6.42 Å². The van der Waals surface area contributed by atoms with Crippen molar-refractivity contribution in [2.45, 2.75) is 12.5 Å². The average molecular weight is 382 g/mol. The number of hydrogen-bond donors (Lipinski definition) is 2. The Labute approximate surface area is 159 Å². The molecule has 142 valence electrons. The van der Waals surface area contributed by atoms with Gasteiger partial charge in [0.25, 0.3) is 5.91 Å². The number of rotatable bonds is 3. The highest BCUT2D eigenvalue weighted by Crippen LogP contribution is 2.37. The summed E-state index contributed by atoms with van der Waals surface area (Å²) in [4.78, 5) is 20.5. The van der Waals surface area contributed by atoms with E-state index in [1.165, 1.54) is 43.6 Å². The summed E-state index contributed by atoms with van der Waals surface area (Å²) in [6.07, 6.45) is 1.74. The topological polar surface area (TPSA) is 90.1 Å². The second-order valence-electron chi connectivity index (χ2n) is 6.39. The van der Waals surface area contributed by atoms with Gasteiger partial charge < -0.3 is 15.8 Å². The zero-order valence-corrected chi connectivity index (χ0v) is 14.9. The molecular weight excluding hydrogens is 366 g/mol. The van der Waals surface area contributed by atoms with Crippen LogP contribution in [-0.4, -0.2) is 23.0 Å². The first-order valence-electron chi connectivity index (χ1n) is 8.52. The van der Waals surface area contributed by atoms with Crippen molar-refractivity contribution in [3.8, 4) is 16.9 Å². The summed E-state index contributed by atoms with van der Waals surface area (Å²) in [5.41, 5.74) is 8.18. The number of anilines is 1. The zero-order valence-electron chi connectivity index (χ0n) is 14.9. The van der Waals surface area contributed by atoms with E-state index in [1.807, 2.05) is 0 Å². The number of halogens is 2. The first kappa shape index (κ1) is 17.8. The van der Waals surface area contributed by atoms with Crippen molar-refractivity contribution in [2.75, 3.05) is 12.8 Å². The summed E-state index contributed by atoms with van der Waals surface area (Å²) < 4.78 is 32.9. The molecule has 2 aromatic carbocycles. The monoisotopic (exact) mass is 382 g/mol. The number of ether oxygens (including phenoxy) is 1. The van der Waals surface area contributed by atoms with E-state index in [2.05, 4.69) is 15.3 Å². The minimum atomic E-state index is -0.473. The van der Waals surface area contributed by atoms with Crippen molar-refractivity contribution in [1.82, 2.24) is 15.3 Å². The Morgan fingerprint density at radius 1 is 1.11 bits per heavy atom. The molecule has 0 saturated carbocycles. The van der Waals surface area contributed by atoms with Gasteiger partial charge in [-0.1, -0.05) is 6.07 Å².